The number of hydrogen-bond acceptors (Lipinski definition) is 2. The molecule has 0 aromatic heterocycles. The summed E-state index contributed by atoms with van der Waals surface area (Å²) in [6, 6.07) is 38.3. The Morgan fingerprint density at radius 2 is 1.20 bits per heavy atom. The van der Waals surface area contributed by atoms with Crippen molar-refractivity contribution in [3.8, 4) is 0 Å². The number of rotatable bonds is 7. The second-order valence-electron chi connectivity index (χ2n) is 9.21. The maximum absolute atomic E-state index is 14.0. The van der Waals surface area contributed by atoms with E-state index >= 15 is 0 Å². The van der Waals surface area contributed by atoms with Crippen molar-refractivity contribution < 1.29 is 12.4 Å². The lowest BCUT2D eigenvalue weighted by Gasteiger charge is -2.29. The average Bonchev–Trinajstić information content (AvgIpc) is 3.30. The van der Waals surface area contributed by atoms with Gasteiger partial charge in [-0.3, -0.25) is 0 Å². The van der Waals surface area contributed by atoms with Gasteiger partial charge in [0, 0.05) is 12.8 Å². The van der Waals surface area contributed by atoms with E-state index < -0.39 is 15.4 Å². The van der Waals surface area contributed by atoms with Crippen LogP contribution in [-0.4, -0.2) is 24.7 Å². The molecule has 0 saturated carbocycles. The largest absolute Gasteiger partial charge is 0.394 e. The van der Waals surface area contributed by atoms with E-state index in [2.05, 4.69) is 36.4 Å². The molecule has 0 aliphatic carbocycles. The SMILES string of the molecule is Cc1ccc(S(=O)(=O)[N+]2=C(CCc3ccccc3)C(c3ccccc3)(c3ccccc3)CC2)cc1. The Kier molecular flexibility index (Phi) is 6.40. The van der Waals surface area contributed by atoms with Crippen molar-refractivity contribution in [2.24, 2.45) is 0 Å². The monoisotopic (exact) mass is 480 g/mol. The van der Waals surface area contributed by atoms with Gasteiger partial charge < -0.3 is 0 Å². The summed E-state index contributed by atoms with van der Waals surface area (Å²) in [5.41, 5.74) is 4.96. The molecule has 0 N–H and O–H groups in total. The van der Waals surface area contributed by atoms with Crippen LogP contribution in [0.15, 0.2) is 120 Å². The normalized spacial score (nSPS) is 15.3. The highest BCUT2D eigenvalue weighted by Gasteiger charge is 2.53. The van der Waals surface area contributed by atoms with Gasteiger partial charge in [0.05, 0.1) is 0 Å². The number of benzene rings is 4. The Morgan fingerprint density at radius 1 is 0.686 bits per heavy atom. The van der Waals surface area contributed by atoms with Gasteiger partial charge in [-0.15, -0.1) is 3.98 Å². The summed E-state index contributed by atoms with van der Waals surface area (Å²) in [7, 11) is -3.70. The lowest BCUT2D eigenvalue weighted by Crippen LogP contribution is -2.37. The predicted octanol–water partition coefficient (Wildman–Crippen LogP) is 6.16. The Hall–Kier alpha value is -3.50. The van der Waals surface area contributed by atoms with Crippen LogP contribution in [0, 0.1) is 6.92 Å². The van der Waals surface area contributed by atoms with Crippen LogP contribution in [0.4, 0.5) is 0 Å². The van der Waals surface area contributed by atoms with Crippen LogP contribution in [-0.2, 0) is 21.9 Å². The predicted molar refractivity (Wildman–Crippen MR) is 142 cm³/mol. The van der Waals surface area contributed by atoms with Gasteiger partial charge in [-0.25, -0.2) is 0 Å². The van der Waals surface area contributed by atoms with E-state index in [0.717, 1.165) is 28.8 Å². The van der Waals surface area contributed by atoms with Gasteiger partial charge in [0.15, 0.2) is 12.3 Å². The highest BCUT2D eigenvalue weighted by Crippen LogP contribution is 2.43. The van der Waals surface area contributed by atoms with Crippen molar-refractivity contribution in [3.05, 3.63) is 138 Å². The molecule has 4 aromatic carbocycles. The summed E-state index contributed by atoms with van der Waals surface area (Å²) >= 11 is 0. The van der Waals surface area contributed by atoms with Crippen LogP contribution in [0.25, 0.3) is 0 Å². The number of nitrogens with zero attached hydrogens (tertiary/aromatic N) is 1. The summed E-state index contributed by atoms with van der Waals surface area (Å²) < 4.78 is 29.7. The molecule has 1 aliphatic rings. The van der Waals surface area contributed by atoms with Crippen molar-refractivity contribution in [1.82, 2.24) is 0 Å². The standard InChI is InChI=1S/C31H30NO2S/c1-25-17-20-29(21-18-25)35(33,34)32-24-23-31(27-13-7-3-8-14-27,28-15-9-4-10-16-28)30(32)22-19-26-11-5-2-6-12-26/h2-18,20-21H,19,22-24H2,1H3/q+1. The lowest BCUT2D eigenvalue weighted by atomic mass is 9.69. The Balaban J connectivity index is 1.73. The zero-order chi connectivity index (χ0) is 24.3. The van der Waals surface area contributed by atoms with Gasteiger partial charge in [0.25, 0.3) is 0 Å². The number of hydrogen-bond donors (Lipinski definition) is 0. The zero-order valence-electron chi connectivity index (χ0n) is 20.0. The molecule has 0 atom stereocenters. The number of aryl methyl sites for hydroxylation is 2. The molecule has 35 heavy (non-hydrogen) atoms. The molecule has 0 saturated heterocycles. The average molecular weight is 481 g/mol. The summed E-state index contributed by atoms with van der Waals surface area (Å²) in [5.74, 6) is 0. The first-order chi connectivity index (χ1) is 17.0. The van der Waals surface area contributed by atoms with Crippen molar-refractivity contribution in [2.75, 3.05) is 6.54 Å². The van der Waals surface area contributed by atoms with Gasteiger partial charge in [-0.1, -0.05) is 109 Å². The van der Waals surface area contributed by atoms with Gasteiger partial charge in [-0.05, 0) is 42.2 Å². The molecule has 0 amide bonds. The third kappa shape index (κ3) is 4.35. The Labute approximate surface area is 208 Å². The second-order valence-corrected chi connectivity index (χ2v) is 11.1. The van der Waals surface area contributed by atoms with Crippen LogP contribution in [0.2, 0.25) is 0 Å². The summed E-state index contributed by atoms with van der Waals surface area (Å²) in [6.07, 6.45) is 2.13. The summed E-state index contributed by atoms with van der Waals surface area (Å²) in [5, 5.41) is 0. The zero-order valence-corrected chi connectivity index (χ0v) is 20.8. The molecular formula is C31H30NO2S+. The smallest absolute Gasteiger partial charge is 0.158 e. The second kappa shape index (κ2) is 9.63. The van der Waals surface area contributed by atoms with E-state index in [1.165, 1.54) is 5.56 Å². The molecule has 1 aliphatic heterocycles. The minimum absolute atomic E-state index is 0.345. The van der Waals surface area contributed by atoms with Gasteiger partial charge >= 0.3 is 10.0 Å². The molecule has 5 rings (SSSR count). The fourth-order valence-electron chi connectivity index (χ4n) is 5.34. The number of sulfonamides is 1. The molecule has 3 nitrogen and oxygen atoms in total. The molecule has 176 valence electrons. The van der Waals surface area contributed by atoms with Crippen molar-refractivity contribution >= 4 is 15.7 Å². The maximum atomic E-state index is 14.0. The molecule has 0 radical (unpaired) electrons. The van der Waals surface area contributed by atoms with E-state index in [1.807, 2.05) is 73.7 Å². The van der Waals surface area contributed by atoms with Crippen LogP contribution in [0.3, 0.4) is 0 Å². The van der Waals surface area contributed by atoms with E-state index in [0.29, 0.717) is 24.3 Å². The summed E-state index contributed by atoms with van der Waals surface area (Å²) in [4.78, 5) is 0.345. The van der Waals surface area contributed by atoms with E-state index in [-0.39, 0.29) is 0 Å². The highest BCUT2D eigenvalue weighted by molar-refractivity contribution is 7.85. The molecule has 4 heteroatoms. The molecule has 4 aromatic rings. The third-order valence-electron chi connectivity index (χ3n) is 7.12. The minimum atomic E-state index is -3.70. The molecule has 0 unspecified atom stereocenters. The van der Waals surface area contributed by atoms with Crippen molar-refractivity contribution in [1.29, 1.82) is 0 Å². The van der Waals surface area contributed by atoms with Crippen LogP contribution < -0.4 is 0 Å². The highest BCUT2D eigenvalue weighted by atomic mass is 32.2. The van der Waals surface area contributed by atoms with Crippen molar-refractivity contribution in [2.45, 2.75) is 36.5 Å². The van der Waals surface area contributed by atoms with Gasteiger partial charge in [-0.2, -0.15) is 8.42 Å². The fourth-order valence-corrected chi connectivity index (χ4v) is 6.95. The Bertz CT molecular complexity index is 1390. The van der Waals surface area contributed by atoms with Gasteiger partial charge in [0.2, 0.25) is 0 Å². The first-order valence-electron chi connectivity index (χ1n) is 12.1. The topological polar surface area (TPSA) is 37.1 Å². The van der Waals surface area contributed by atoms with Crippen molar-refractivity contribution in [3.63, 3.8) is 0 Å². The lowest BCUT2D eigenvalue weighted by molar-refractivity contribution is -0.357. The molecule has 0 bridgehead atoms. The minimum Gasteiger partial charge on any atom is -0.158 e. The van der Waals surface area contributed by atoms with Crippen LogP contribution in [0.5, 0.6) is 0 Å². The third-order valence-corrected chi connectivity index (χ3v) is 8.97. The Morgan fingerprint density at radius 3 is 1.74 bits per heavy atom. The quantitative estimate of drug-likeness (QED) is 0.297. The van der Waals surface area contributed by atoms with E-state index in [9.17, 15) is 8.42 Å². The maximum Gasteiger partial charge on any atom is 0.394 e. The first-order valence-corrected chi connectivity index (χ1v) is 13.6. The fraction of sp³-hybridized carbons (Fsp3) is 0.194. The summed E-state index contributed by atoms with van der Waals surface area (Å²) in [6.45, 7) is 2.42. The van der Waals surface area contributed by atoms with E-state index in [4.69, 9.17) is 0 Å². The molecular weight excluding hydrogens is 450 g/mol. The van der Waals surface area contributed by atoms with E-state index in [1.54, 1.807) is 16.1 Å². The molecule has 1 heterocycles. The van der Waals surface area contributed by atoms with Crippen LogP contribution in [0.1, 0.15) is 35.1 Å². The first kappa shape index (κ1) is 23.3. The molecule has 0 fully saturated rings. The molecule has 0 spiro atoms. The van der Waals surface area contributed by atoms with Crippen LogP contribution >= 0.6 is 0 Å². The van der Waals surface area contributed by atoms with Gasteiger partial charge in [0.1, 0.15) is 10.3 Å².